The van der Waals surface area contributed by atoms with Crippen LogP contribution < -0.4 is 10.9 Å². The third kappa shape index (κ3) is 4.51. The van der Waals surface area contributed by atoms with Gasteiger partial charge in [0.15, 0.2) is 0 Å². The van der Waals surface area contributed by atoms with E-state index in [2.05, 4.69) is 10.4 Å². The van der Waals surface area contributed by atoms with Crippen LogP contribution in [0.4, 0.5) is 18.9 Å². The third-order valence-electron chi connectivity index (χ3n) is 3.99. The highest BCUT2D eigenvalue weighted by molar-refractivity contribution is 6.30. The average molecular weight is 413 g/mol. The molecule has 0 saturated heterocycles. The molecule has 0 aliphatic carbocycles. The highest BCUT2D eigenvalue weighted by Crippen LogP contribution is 2.36. The van der Waals surface area contributed by atoms with Crippen LogP contribution in [0.1, 0.15) is 36.2 Å². The quantitative estimate of drug-likeness (QED) is 0.813. The largest absolute Gasteiger partial charge is 0.418 e. The van der Waals surface area contributed by atoms with Gasteiger partial charge in [0.2, 0.25) is 5.91 Å². The first-order valence-electron chi connectivity index (χ1n) is 8.31. The molecule has 1 aromatic heterocycles. The number of carbonyl (C=O) groups excluding carboxylic acids is 1. The molecule has 0 atom stereocenters. The molecule has 0 radical (unpaired) electrons. The Labute approximate surface area is 163 Å². The lowest BCUT2D eigenvalue weighted by molar-refractivity contribution is -0.137. The summed E-state index contributed by atoms with van der Waals surface area (Å²) in [5.41, 5.74) is -1.50. The molecule has 1 aromatic carbocycles. The van der Waals surface area contributed by atoms with Crippen molar-refractivity contribution in [2.45, 2.75) is 39.4 Å². The van der Waals surface area contributed by atoms with Gasteiger partial charge in [-0.1, -0.05) is 25.4 Å². The molecule has 148 valence electrons. The van der Waals surface area contributed by atoms with E-state index in [0.29, 0.717) is 30.2 Å². The molecule has 0 aliphatic heterocycles. The van der Waals surface area contributed by atoms with Gasteiger partial charge in [0.1, 0.15) is 18.2 Å². The zero-order chi connectivity index (χ0) is 21.1. The first kappa shape index (κ1) is 21.4. The summed E-state index contributed by atoms with van der Waals surface area (Å²) in [6.07, 6.45) is -3.88. The van der Waals surface area contributed by atoms with E-state index >= 15 is 0 Å². The zero-order valence-corrected chi connectivity index (χ0v) is 15.8. The molecule has 2 aromatic rings. The molecule has 10 heteroatoms. The SMILES string of the molecule is CCc1nn(CC(=O)Nc2ccc(Cl)cc2C(F)(F)F)c(=O)c(C#N)c1CC. The van der Waals surface area contributed by atoms with Crippen molar-refractivity contribution >= 4 is 23.2 Å². The van der Waals surface area contributed by atoms with E-state index in [4.69, 9.17) is 11.6 Å². The second kappa shape index (κ2) is 8.44. The number of nitrogens with zero attached hydrogens (tertiary/aromatic N) is 3. The summed E-state index contributed by atoms with van der Waals surface area (Å²) in [4.78, 5) is 24.7. The maximum atomic E-state index is 13.1. The minimum atomic E-state index is -4.73. The van der Waals surface area contributed by atoms with Gasteiger partial charge in [-0.25, -0.2) is 4.68 Å². The molecule has 6 nitrogen and oxygen atoms in total. The van der Waals surface area contributed by atoms with Crippen molar-refractivity contribution in [3.8, 4) is 6.07 Å². The Morgan fingerprint density at radius 1 is 1.32 bits per heavy atom. The molecule has 0 bridgehead atoms. The lowest BCUT2D eigenvalue weighted by atomic mass is 10.0. The van der Waals surface area contributed by atoms with Crippen LogP contribution >= 0.6 is 11.6 Å². The van der Waals surface area contributed by atoms with Crippen LogP contribution in [0.25, 0.3) is 0 Å². The van der Waals surface area contributed by atoms with Gasteiger partial charge < -0.3 is 5.32 Å². The van der Waals surface area contributed by atoms with Gasteiger partial charge in [-0.15, -0.1) is 0 Å². The lowest BCUT2D eigenvalue weighted by Gasteiger charge is -2.15. The molecule has 0 unspecified atom stereocenters. The summed E-state index contributed by atoms with van der Waals surface area (Å²) in [5.74, 6) is -0.891. The number of nitrogens with one attached hydrogen (secondary N) is 1. The molecule has 28 heavy (non-hydrogen) atoms. The van der Waals surface area contributed by atoms with Crippen LogP contribution in [-0.2, 0) is 30.4 Å². The van der Waals surface area contributed by atoms with Gasteiger partial charge in [0.25, 0.3) is 5.56 Å². The third-order valence-corrected chi connectivity index (χ3v) is 4.23. The van der Waals surface area contributed by atoms with Crippen LogP contribution in [0.15, 0.2) is 23.0 Å². The molecule has 0 spiro atoms. The second-order valence-corrected chi connectivity index (χ2v) is 6.25. The minimum Gasteiger partial charge on any atom is -0.324 e. The van der Waals surface area contributed by atoms with Gasteiger partial charge in [0.05, 0.1) is 16.9 Å². The second-order valence-electron chi connectivity index (χ2n) is 5.82. The number of carbonyl (C=O) groups is 1. The first-order valence-corrected chi connectivity index (χ1v) is 8.69. The Balaban J connectivity index is 2.38. The first-order chi connectivity index (χ1) is 13.1. The smallest absolute Gasteiger partial charge is 0.324 e. The van der Waals surface area contributed by atoms with Crippen molar-refractivity contribution in [3.05, 3.63) is 56.0 Å². The number of amides is 1. The van der Waals surface area contributed by atoms with Gasteiger partial charge in [-0.05, 0) is 36.6 Å². The molecule has 0 aliphatic rings. The Bertz CT molecular complexity index is 1010. The van der Waals surface area contributed by atoms with E-state index in [1.165, 1.54) is 6.07 Å². The standard InChI is InChI=1S/C18H16ClF3N4O2/c1-3-11-12(8-23)17(28)26(25-14(11)4-2)9-16(27)24-15-6-5-10(19)7-13(15)18(20,21)22/h5-7H,3-4,9H2,1-2H3,(H,24,27). The summed E-state index contributed by atoms with van der Waals surface area (Å²) in [6, 6.07) is 4.74. The van der Waals surface area contributed by atoms with Crippen LogP contribution in [0.2, 0.25) is 5.02 Å². The topological polar surface area (TPSA) is 87.8 Å². The summed E-state index contributed by atoms with van der Waals surface area (Å²) in [7, 11) is 0. The molecule has 2 rings (SSSR count). The van der Waals surface area contributed by atoms with Gasteiger partial charge in [-0.2, -0.15) is 23.5 Å². The van der Waals surface area contributed by atoms with E-state index in [0.717, 1.165) is 10.7 Å². The highest BCUT2D eigenvalue weighted by Gasteiger charge is 2.34. The monoisotopic (exact) mass is 412 g/mol. The number of benzene rings is 1. The Hall–Kier alpha value is -2.86. The van der Waals surface area contributed by atoms with E-state index in [-0.39, 0.29) is 10.6 Å². The fraction of sp³-hybridized carbons (Fsp3) is 0.333. The maximum Gasteiger partial charge on any atom is 0.418 e. The maximum absolute atomic E-state index is 13.1. The number of nitriles is 1. The molecule has 0 saturated carbocycles. The van der Waals surface area contributed by atoms with Gasteiger partial charge in [-0.3, -0.25) is 9.59 Å². The number of aryl methyl sites for hydroxylation is 1. The van der Waals surface area contributed by atoms with Crippen LogP contribution in [-0.4, -0.2) is 15.7 Å². The summed E-state index contributed by atoms with van der Waals surface area (Å²) < 4.78 is 40.2. The number of hydrogen-bond acceptors (Lipinski definition) is 4. The van der Waals surface area contributed by atoms with Crippen LogP contribution in [0, 0.1) is 11.3 Å². The highest BCUT2D eigenvalue weighted by atomic mass is 35.5. The van der Waals surface area contributed by atoms with Gasteiger partial charge in [0, 0.05) is 5.02 Å². The lowest BCUT2D eigenvalue weighted by Crippen LogP contribution is -2.33. The number of alkyl halides is 3. The van der Waals surface area contributed by atoms with E-state index in [1.807, 2.05) is 6.07 Å². The predicted octanol–water partition coefficient (Wildman–Crippen LogP) is 3.55. The Morgan fingerprint density at radius 3 is 2.54 bits per heavy atom. The van der Waals surface area contributed by atoms with Crippen molar-refractivity contribution < 1.29 is 18.0 Å². The molecule has 1 N–H and O–H groups in total. The van der Waals surface area contributed by atoms with E-state index < -0.39 is 35.4 Å². The van der Waals surface area contributed by atoms with Gasteiger partial charge >= 0.3 is 6.18 Å². The van der Waals surface area contributed by atoms with Crippen molar-refractivity contribution in [1.82, 2.24) is 9.78 Å². The number of aromatic nitrogens is 2. The van der Waals surface area contributed by atoms with Crippen molar-refractivity contribution in [3.63, 3.8) is 0 Å². The van der Waals surface area contributed by atoms with Crippen LogP contribution in [0.5, 0.6) is 0 Å². The fourth-order valence-electron chi connectivity index (χ4n) is 2.73. The van der Waals surface area contributed by atoms with Crippen molar-refractivity contribution in [1.29, 1.82) is 5.26 Å². The molecule has 1 heterocycles. The molecular weight excluding hydrogens is 397 g/mol. The van der Waals surface area contributed by atoms with E-state index in [9.17, 15) is 28.0 Å². The number of halogens is 4. The summed E-state index contributed by atoms with van der Waals surface area (Å²) in [6.45, 7) is 2.91. The molecule has 0 fully saturated rings. The Kier molecular flexibility index (Phi) is 6.46. The zero-order valence-electron chi connectivity index (χ0n) is 15.0. The molecular formula is C18H16ClF3N4O2. The fourth-order valence-corrected chi connectivity index (χ4v) is 2.90. The van der Waals surface area contributed by atoms with E-state index in [1.54, 1.807) is 13.8 Å². The van der Waals surface area contributed by atoms with Crippen molar-refractivity contribution in [2.75, 3.05) is 5.32 Å². The minimum absolute atomic E-state index is 0.121. The van der Waals surface area contributed by atoms with Crippen molar-refractivity contribution in [2.24, 2.45) is 0 Å². The normalized spacial score (nSPS) is 11.2. The predicted molar refractivity (Wildman–Crippen MR) is 97.1 cm³/mol. The Morgan fingerprint density at radius 2 is 2.00 bits per heavy atom. The number of anilines is 1. The molecule has 1 amide bonds. The number of hydrogen-bond donors (Lipinski definition) is 1. The van der Waals surface area contributed by atoms with Crippen LogP contribution in [0.3, 0.4) is 0 Å². The summed E-state index contributed by atoms with van der Waals surface area (Å²) >= 11 is 5.61. The number of rotatable bonds is 5. The average Bonchev–Trinajstić information content (AvgIpc) is 2.63. The summed E-state index contributed by atoms with van der Waals surface area (Å²) in [5, 5.41) is 15.3.